The number of nitrogens with one attached hydrogen (secondary N) is 1. The Balaban J connectivity index is 2.65. The fraction of sp³-hybridized carbons (Fsp3) is 0.182. The van der Waals surface area contributed by atoms with Gasteiger partial charge in [-0.25, -0.2) is 0 Å². The number of hydrogen-bond donors (Lipinski definition) is 2. The van der Waals surface area contributed by atoms with Crippen LogP contribution in [0.15, 0.2) is 30.9 Å². The van der Waals surface area contributed by atoms with Crippen LogP contribution in [0.1, 0.15) is 16.8 Å². The number of amides is 1. The third-order valence-electron chi connectivity index (χ3n) is 1.84. The van der Waals surface area contributed by atoms with Crippen molar-refractivity contribution in [1.82, 2.24) is 5.32 Å². The first-order chi connectivity index (χ1) is 7.15. The molecule has 0 aromatic heterocycles. The predicted octanol–water partition coefficient (Wildman–Crippen LogP) is 2.35. The normalized spacial score (nSPS) is 9.67. The van der Waals surface area contributed by atoms with Crippen LogP contribution in [-0.4, -0.2) is 17.6 Å². The van der Waals surface area contributed by atoms with Crippen LogP contribution in [0.4, 0.5) is 0 Å². The molecule has 3 nitrogen and oxygen atoms in total. The van der Waals surface area contributed by atoms with E-state index in [1.54, 1.807) is 6.08 Å². The van der Waals surface area contributed by atoms with Crippen LogP contribution in [0.3, 0.4) is 0 Å². The maximum atomic E-state index is 11.5. The Morgan fingerprint density at radius 1 is 1.60 bits per heavy atom. The van der Waals surface area contributed by atoms with E-state index in [0.29, 0.717) is 12.1 Å². The molecular formula is C11H12ClNO2. The third kappa shape index (κ3) is 3.29. The van der Waals surface area contributed by atoms with Crippen molar-refractivity contribution < 1.29 is 9.90 Å². The topological polar surface area (TPSA) is 49.3 Å². The summed E-state index contributed by atoms with van der Waals surface area (Å²) in [5.74, 6) is -0.238. The van der Waals surface area contributed by atoms with E-state index in [-0.39, 0.29) is 16.7 Å². The minimum Gasteiger partial charge on any atom is -0.506 e. The minimum absolute atomic E-state index is 0.0284. The zero-order chi connectivity index (χ0) is 11.3. The Hall–Kier alpha value is -1.48. The highest BCUT2D eigenvalue weighted by atomic mass is 35.5. The molecule has 4 heteroatoms. The van der Waals surface area contributed by atoms with Gasteiger partial charge in [-0.15, -0.1) is 6.58 Å². The number of hydrogen-bond acceptors (Lipinski definition) is 2. The van der Waals surface area contributed by atoms with Crippen LogP contribution >= 0.6 is 11.6 Å². The van der Waals surface area contributed by atoms with E-state index in [9.17, 15) is 4.79 Å². The second-order valence-electron chi connectivity index (χ2n) is 3.00. The van der Waals surface area contributed by atoms with Gasteiger partial charge < -0.3 is 10.4 Å². The van der Waals surface area contributed by atoms with Gasteiger partial charge in [0.2, 0.25) is 0 Å². The first kappa shape index (κ1) is 11.6. The molecule has 0 bridgehead atoms. The van der Waals surface area contributed by atoms with Crippen molar-refractivity contribution in [3.63, 3.8) is 0 Å². The first-order valence-electron chi connectivity index (χ1n) is 4.52. The van der Waals surface area contributed by atoms with Crippen LogP contribution in [-0.2, 0) is 0 Å². The van der Waals surface area contributed by atoms with E-state index >= 15 is 0 Å². The van der Waals surface area contributed by atoms with E-state index in [1.165, 1.54) is 18.2 Å². The predicted molar refractivity (Wildman–Crippen MR) is 60.3 cm³/mol. The SMILES string of the molecule is C=CCCNC(=O)c1ccc(O)c(Cl)c1. The summed E-state index contributed by atoms with van der Waals surface area (Å²) in [6.07, 6.45) is 2.45. The van der Waals surface area contributed by atoms with Crippen LogP contribution in [0.25, 0.3) is 0 Å². The lowest BCUT2D eigenvalue weighted by atomic mass is 10.2. The molecule has 0 saturated carbocycles. The lowest BCUT2D eigenvalue weighted by molar-refractivity contribution is 0.0954. The lowest BCUT2D eigenvalue weighted by Gasteiger charge is -2.04. The van der Waals surface area contributed by atoms with Crippen molar-refractivity contribution in [3.8, 4) is 5.75 Å². The Kier molecular flexibility index (Phi) is 4.18. The fourth-order valence-electron chi connectivity index (χ4n) is 1.04. The highest BCUT2D eigenvalue weighted by Crippen LogP contribution is 2.23. The van der Waals surface area contributed by atoms with Gasteiger partial charge in [-0.1, -0.05) is 17.7 Å². The van der Waals surface area contributed by atoms with Gasteiger partial charge in [0.1, 0.15) is 5.75 Å². The van der Waals surface area contributed by atoms with Crippen molar-refractivity contribution in [3.05, 3.63) is 41.4 Å². The largest absolute Gasteiger partial charge is 0.506 e. The molecule has 1 aromatic carbocycles. The summed E-state index contributed by atoms with van der Waals surface area (Å²) in [5.41, 5.74) is 0.432. The summed E-state index contributed by atoms with van der Waals surface area (Å²) >= 11 is 5.67. The molecule has 1 amide bonds. The van der Waals surface area contributed by atoms with Gasteiger partial charge in [0.15, 0.2) is 0 Å². The van der Waals surface area contributed by atoms with Crippen LogP contribution in [0.2, 0.25) is 5.02 Å². The van der Waals surface area contributed by atoms with Crippen LogP contribution < -0.4 is 5.32 Å². The van der Waals surface area contributed by atoms with Crippen LogP contribution in [0.5, 0.6) is 5.75 Å². The Labute approximate surface area is 93.4 Å². The molecule has 0 atom stereocenters. The van der Waals surface area contributed by atoms with Crippen molar-refractivity contribution in [2.75, 3.05) is 6.54 Å². The molecule has 0 heterocycles. The van der Waals surface area contributed by atoms with Crippen molar-refractivity contribution >= 4 is 17.5 Å². The maximum absolute atomic E-state index is 11.5. The average molecular weight is 226 g/mol. The van der Waals surface area contributed by atoms with E-state index in [4.69, 9.17) is 16.7 Å². The summed E-state index contributed by atoms with van der Waals surface area (Å²) in [7, 11) is 0. The highest BCUT2D eigenvalue weighted by molar-refractivity contribution is 6.32. The van der Waals surface area contributed by atoms with Gasteiger partial charge in [-0.3, -0.25) is 4.79 Å². The fourth-order valence-corrected chi connectivity index (χ4v) is 1.22. The molecule has 1 aromatic rings. The molecule has 0 spiro atoms. The summed E-state index contributed by atoms with van der Waals surface area (Å²) in [6, 6.07) is 4.34. The molecule has 80 valence electrons. The molecule has 15 heavy (non-hydrogen) atoms. The Morgan fingerprint density at radius 3 is 2.93 bits per heavy atom. The highest BCUT2D eigenvalue weighted by Gasteiger charge is 2.06. The summed E-state index contributed by atoms with van der Waals surface area (Å²) in [4.78, 5) is 11.5. The Bertz CT molecular complexity index is 377. The minimum atomic E-state index is -0.209. The van der Waals surface area contributed by atoms with Crippen molar-refractivity contribution in [2.45, 2.75) is 6.42 Å². The van der Waals surface area contributed by atoms with Crippen LogP contribution in [0, 0.1) is 0 Å². The molecule has 0 aliphatic rings. The van der Waals surface area contributed by atoms with E-state index < -0.39 is 0 Å². The summed E-state index contributed by atoms with van der Waals surface area (Å²) in [6.45, 7) is 4.09. The number of phenols is 1. The lowest BCUT2D eigenvalue weighted by Crippen LogP contribution is -2.23. The molecule has 2 N–H and O–H groups in total. The molecule has 0 aliphatic carbocycles. The first-order valence-corrected chi connectivity index (χ1v) is 4.90. The average Bonchev–Trinajstić information content (AvgIpc) is 2.22. The van der Waals surface area contributed by atoms with E-state index in [0.717, 1.165) is 6.42 Å². The number of phenolic OH excluding ortho intramolecular Hbond substituents is 1. The monoisotopic (exact) mass is 225 g/mol. The number of rotatable bonds is 4. The Morgan fingerprint density at radius 2 is 2.33 bits per heavy atom. The summed E-state index contributed by atoms with van der Waals surface area (Å²) < 4.78 is 0. The molecular weight excluding hydrogens is 214 g/mol. The smallest absolute Gasteiger partial charge is 0.251 e. The molecule has 0 unspecified atom stereocenters. The molecule has 0 aliphatic heterocycles. The van der Waals surface area contributed by atoms with Gasteiger partial charge in [0, 0.05) is 12.1 Å². The number of aromatic hydroxyl groups is 1. The summed E-state index contributed by atoms with van der Waals surface area (Å²) in [5, 5.41) is 12.0. The second-order valence-corrected chi connectivity index (χ2v) is 3.41. The second kappa shape index (κ2) is 5.41. The molecule has 1 rings (SSSR count). The van der Waals surface area contributed by atoms with Gasteiger partial charge in [0.05, 0.1) is 5.02 Å². The maximum Gasteiger partial charge on any atom is 0.251 e. The number of benzene rings is 1. The van der Waals surface area contributed by atoms with Crippen molar-refractivity contribution in [1.29, 1.82) is 0 Å². The molecule has 0 fully saturated rings. The molecule has 0 saturated heterocycles. The standard InChI is InChI=1S/C11H12ClNO2/c1-2-3-6-13-11(15)8-4-5-10(14)9(12)7-8/h2,4-5,7,14H,1,3,6H2,(H,13,15). The zero-order valence-corrected chi connectivity index (χ0v) is 8.92. The number of carbonyl (C=O) groups is 1. The number of carbonyl (C=O) groups excluding carboxylic acids is 1. The zero-order valence-electron chi connectivity index (χ0n) is 8.16. The van der Waals surface area contributed by atoms with Crippen molar-refractivity contribution in [2.24, 2.45) is 0 Å². The number of halogens is 1. The van der Waals surface area contributed by atoms with Gasteiger partial charge >= 0.3 is 0 Å². The van der Waals surface area contributed by atoms with Gasteiger partial charge in [-0.05, 0) is 24.6 Å². The van der Waals surface area contributed by atoms with Gasteiger partial charge in [-0.2, -0.15) is 0 Å². The molecule has 0 radical (unpaired) electrons. The van der Waals surface area contributed by atoms with E-state index in [1.807, 2.05) is 0 Å². The van der Waals surface area contributed by atoms with E-state index in [2.05, 4.69) is 11.9 Å². The van der Waals surface area contributed by atoms with Gasteiger partial charge in [0.25, 0.3) is 5.91 Å². The quantitative estimate of drug-likeness (QED) is 0.611. The third-order valence-corrected chi connectivity index (χ3v) is 2.15.